The first-order chi connectivity index (χ1) is 11.1. The molecule has 1 fully saturated rings. The van der Waals surface area contributed by atoms with Gasteiger partial charge in [0.05, 0.1) is 11.1 Å². The van der Waals surface area contributed by atoms with Gasteiger partial charge in [-0.3, -0.25) is 9.69 Å². The number of aryl methyl sites for hydroxylation is 1. The van der Waals surface area contributed by atoms with Gasteiger partial charge in [-0.05, 0) is 38.9 Å². The third-order valence-electron chi connectivity index (χ3n) is 4.30. The molecule has 6 heteroatoms. The summed E-state index contributed by atoms with van der Waals surface area (Å²) in [6.45, 7) is 4.48. The number of likely N-dealkylation sites (N-methyl/N-ethyl adjacent to an activating group) is 1. The zero-order valence-electron chi connectivity index (χ0n) is 13.7. The van der Waals surface area contributed by atoms with Gasteiger partial charge in [0.25, 0.3) is 5.91 Å². The number of nitrogens with one attached hydrogen (secondary N) is 1. The first-order valence-electron chi connectivity index (χ1n) is 7.96. The number of benzene rings is 1. The highest BCUT2D eigenvalue weighted by atomic mass is 16.4. The van der Waals surface area contributed by atoms with Crippen LogP contribution in [0.15, 0.2) is 28.7 Å². The van der Waals surface area contributed by atoms with E-state index >= 15 is 0 Å². The van der Waals surface area contributed by atoms with Crippen LogP contribution < -0.4 is 5.32 Å². The van der Waals surface area contributed by atoms with Gasteiger partial charge >= 0.3 is 0 Å². The minimum Gasteiger partial charge on any atom is -0.421 e. The third-order valence-corrected chi connectivity index (χ3v) is 4.30. The molecule has 0 radical (unpaired) electrons. The second-order valence-electron chi connectivity index (χ2n) is 6.13. The molecule has 2 aromatic rings. The molecule has 1 aromatic heterocycles. The minimum absolute atomic E-state index is 0.118. The fourth-order valence-corrected chi connectivity index (χ4v) is 2.59. The Morgan fingerprint density at radius 3 is 2.78 bits per heavy atom. The molecule has 0 aliphatic heterocycles. The van der Waals surface area contributed by atoms with Crippen LogP contribution in [-0.2, 0) is 0 Å². The summed E-state index contributed by atoms with van der Waals surface area (Å²) in [5.74, 6) is 0.735. The number of hydrogen-bond donors (Lipinski definition) is 1. The molecule has 1 amide bonds. The van der Waals surface area contributed by atoms with Gasteiger partial charge in [-0.15, -0.1) is 10.2 Å². The monoisotopic (exact) mass is 314 g/mol. The second kappa shape index (κ2) is 6.50. The lowest BCUT2D eigenvalue weighted by atomic mass is 10.1. The van der Waals surface area contributed by atoms with E-state index in [1.807, 2.05) is 18.2 Å². The van der Waals surface area contributed by atoms with Crippen molar-refractivity contribution >= 4 is 5.91 Å². The highest BCUT2D eigenvalue weighted by Gasteiger charge is 2.29. The smallest absolute Gasteiger partial charge is 0.252 e. The van der Waals surface area contributed by atoms with E-state index in [0.29, 0.717) is 41.5 Å². The van der Waals surface area contributed by atoms with Crippen LogP contribution in [0, 0.1) is 6.92 Å². The van der Waals surface area contributed by atoms with Gasteiger partial charge in [-0.1, -0.05) is 12.1 Å². The number of amides is 1. The zero-order chi connectivity index (χ0) is 16.4. The summed E-state index contributed by atoms with van der Waals surface area (Å²) in [5, 5.41) is 10.9. The van der Waals surface area contributed by atoms with Crippen LogP contribution in [-0.4, -0.2) is 46.7 Å². The lowest BCUT2D eigenvalue weighted by molar-refractivity contribution is 0.0940. The van der Waals surface area contributed by atoms with Crippen molar-refractivity contribution in [2.45, 2.75) is 38.8 Å². The molecule has 23 heavy (non-hydrogen) atoms. The van der Waals surface area contributed by atoms with E-state index in [1.165, 1.54) is 12.8 Å². The van der Waals surface area contributed by atoms with Crippen molar-refractivity contribution in [2.24, 2.45) is 0 Å². The van der Waals surface area contributed by atoms with Crippen molar-refractivity contribution in [1.82, 2.24) is 20.4 Å². The van der Waals surface area contributed by atoms with E-state index in [-0.39, 0.29) is 5.91 Å². The van der Waals surface area contributed by atoms with Gasteiger partial charge in [0.2, 0.25) is 11.8 Å². The zero-order valence-corrected chi connectivity index (χ0v) is 13.7. The lowest BCUT2D eigenvalue weighted by Crippen LogP contribution is -2.41. The fraction of sp³-hybridized carbons (Fsp3) is 0.471. The minimum atomic E-state index is -0.118. The van der Waals surface area contributed by atoms with Gasteiger partial charge in [0, 0.05) is 25.6 Å². The third kappa shape index (κ3) is 3.59. The Balaban J connectivity index is 1.70. The van der Waals surface area contributed by atoms with E-state index < -0.39 is 0 Å². The number of nitrogens with zero attached hydrogens (tertiary/aromatic N) is 3. The molecule has 0 bridgehead atoms. The van der Waals surface area contributed by atoms with Gasteiger partial charge in [-0.25, -0.2) is 0 Å². The topological polar surface area (TPSA) is 71.3 Å². The van der Waals surface area contributed by atoms with Crippen LogP contribution in [0.25, 0.3) is 11.5 Å². The highest BCUT2D eigenvalue weighted by Crippen LogP contribution is 2.27. The normalized spacial score (nSPS) is 15.7. The number of aromatic nitrogens is 2. The number of carbonyl (C=O) groups is 1. The van der Waals surface area contributed by atoms with E-state index in [0.717, 1.165) is 0 Å². The Morgan fingerprint density at radius 1 is 1.39 bits per heavy atom. The summed E-state index contributed by atoms with van der Waals surface area (Å²) in [7, 11) is 2.11. The SMILES string of the molecule is Cc1nnc(-c2ccccc2C(=O)NCC(C)N(C)C2CC2)o1. The van der Waals surface area contributed by atoms with Gasteiger partial charge < -0.3 is 9.73 Å². The largest absolute Gasteiger partial charge is 0.421 e. The first-order valence-corrected chi connectivity index (χ1v) is 7.96. The Morgan fingerprint density at radius 2 is 2.13 bits per heavy atom. The quantitative estimate of drug-likeness (QED) is 0.885. The van der Waals surface area contributed by atoms with Crippen molar-refractivity contribution in [3.8, 4) is 11.5 Å². The summed E-state index contributed by atoms with van der Waals surface area (Å²) in [5.41, 5.74) is 1.21. The van der Waals surface area contributed by atoms with Crippen molar-refractivity contribution in [3.63, 3.8) is 0 Å². The molecular formula is C17H22N4O2. The molecule has 0 saturated heterocycles. The molecule has 1 atom stereocenters. The first kappa shape index (κ1) is 15.7. The standard InChI is InChI=1S/C17H22N4O2/c1-11(21(3)13-8-9-13)10-18-16(22)14-6-4-5-7-15(14)17-20-19-12(2)23-17/h4-7,11,13H,8-10H2,1-3H3,(H,18,22). The average Bonchev–Trinajstić information content (AvgIpc) is 3.33. The summed E-state index contributed by atoms with van der Waals surface area (Å²) < 4.78 is 5.45. The van der Waals surface area contributed by atoms with Crippen molar-refractivity contribution in [3.05, 3.63) is 35.7 Å². The maximum Gasteiger partial charge on any atom is 0.252 e. The fourth-order valence-electron chi connectivity index (χ4n) is 2.59. The number of rotatable bonds is 6. The van der Waals surface area contributed by atoms with Crippen LogP contribution in [0.4, 0.5) is 0 Å². The van der Waals surface area contributed by atoms with Gasteiger partial charge in [0.1, 0.15) is 0 Å². The van der Waals surface area contributed by atoms with Gasteiger partial charge in [0.15, 0.2) is 0 Å². The van der Waals surface area contributed by atoms with Crippen molar-refractivity contribution < 1.29 is 9.21 Å². The molecule has 1 aliphatic carbocycles. The molecular weight excluding hydrogens is 292 g/mol. The van der Waals surface area contributed by atoms with E-state index in [9.17, 15) is 4.79 Å². The predicted molar refractivity (Wildman–Crippen MR) is 87.1 cm³/mol. The number of carbonyl (C=O) groups excluding carboxylic acids is 1. The summed E-state index contributed by atoms with van der Waals surface area (Å²) >= 11 is 0. The Kier molecular flexibility index (Phi) is 4.43. The Hall–Kier alpha value is -2.21. The van der Waals surface area contributed by atoms with Crippen molar-refractivity contribution in [1.29, 1.82) is 0 Å². The summed E-state index contributed by atoms with van der Waals surface area (Å²) in [4.78, 5) is 14.9. The predicted octanol–water partition coefficient (Wildman–Crippen LogP) is 2.26. The summed E-state index contributed by atoms with van der Waals surface area (Å²) in [6.07, 6.45) is 2.52. The molecule has 3 rings (SSSR count). The molecule has 122 valence electrons. The number of hydrogen-bond acceptors (Lipinski definition) is 5. The van der Waals surface area contributed by atoms with Crippen LogP contribution in [0.2, 0.25) is 0 Å². The van der Waals surface area contributed by atoms with Crippen molar-refractivity contribution in [2.75, 3.05) is 13.6 Å². The van der Waals surface area contributed by atoms with Gasteiger partial charge in [-0.2, -0.15) is 0 Å². The molecule has 0 spiro atoms. The average molecular weight is 314 g/mol. The summed E-state index contributed by atoms with van der Waals surface area (Å²) in [6, 6.07) is 8.28. The molecule has 1 aromatic carbocycles. The van der Waals surface area contributed by atoms with Crippen LogP contribution in [0.5, 0.6) is 0 Å². The second-order valence-corrected chi connectivity index (χ2v) is 6.13. The molecule has 1 aliphatic rings. The molecule has 1 heterocycles. The Labute approximate surface area is 135 Å². The molecule has 1 saturated carbocycles. The highest BCUT2D eigenvalue weighted by molar-refractivity contribution is 5.99. The lowest BCUT2D eigenvalue weighted by Gasteiger charge is -2.24. The Bertz CT molecular complexity index is 693. The van der Waals surface area contributed by atoms with Crippen LogP contribution >= 0.6 is 0 Å². The molecule has 1 N–H and O–H groups in total. The van der Waals surface area contributed by atoms with E-state index in [2.05, 4.69) is 34.4 Å². The van der Waals surface area contributed by atoms with E-state index in [1.54, 1.807) is 13.0 Å². The van der Waals surface area contributed by atoms with E-state index in [4.69, 9.17) is 4.42 Å². The van der Waals surface area contributed by atoms with Crippen LogP contribution in [0.3, 0.4) is 0 Å². The maximum absolute atomic E-state index is 12.5. The van der Waals surface area contributed by atoms with Crippen LogP contribution in [0.1, 0.15) is 36.0 Å². The maximum atomic E-state index is 12.5. The molecule has 6 nitrogen and oxygen atoms in total. The molecule has 1 unspecified atom stereocenters.